The highest BCUT2D eigenvalue weighted by atomic mass is 127. The molecule has 0 atom stereocenters. The second-order valence-corrected chi connectivity index (χ2v) is 2.43. The Balaban J connectivity index is 4.40. The molecule has 0 fully saturated rings. The van der Waals surface area contributed by atoms with Crippen molar-refractivity contribution in [1.82, 2.24) is 0 Å². The summed E-state index contributed by atoms with van der Waals surface area (Å²) in [4.78, 5) is 0. The quantitative estimate of drug-likeness (QED) is 0.385. The highest BCUT2D eigenvalue weighted by Crippen LogP contribution is 2.34. The van der Waals surface area contributed by atoms with Crippen molar-refractivity contribution in [2.24, 2.45) is 0 Å². The summed E-state index contributed by atoms with van der Waals surface area (Å²) in [6.45, 7) is 0. The van der Waals surface area contributed by atoms with Crippen LogP contribution in [0.1, 0.15) is 0 Å². The molecule has 0 amide bonds. The van der Waals surface area contributed by atoms with Gasteiger partial charge in [-0.15, -0.1) is 0 Å². The number of allylic oxidation sites excluding steroid dienone is 1. The molecule has 0 aliphatic carbocycles. The summed E-state index contributed by atoms with van der Waals surface area (Å²) in [7, 11) is 0. The van der Waals surface area contributed by atoms with E-state index in [2.05, 4.69) is 0 Å². The van der Waals surface area contributed by atoms with Gasteiger partial charge in [0.15, 0.2) is 0 Å². The van der Waals surface area contributed by atoms with Gasteiger partial charge in [-0.05, 0) is 0 Å². The molecule has 9 heavy (non-hydrogen) atoms. The molecule has 0 spiro atoms. The highest BCUT2D eigenvalue weighted by Gasteiger charge is 2.34. The molecular formula is C3F5I. The second-order valence-electron chi connectivity index (χ2n) is 1.07. The first-order valence-electron chi connectivity index (χ1n) is 1.63. The van der Waals surface area contributed by atoms with Crippen LogP contribution >= 0.6 is 22.6 Å². The molecule has 0 aliphatic rings. The smallest absolute Gasteiger partial charge is 0.198 e. The highest BCUT2D eigenvalue weighted by molar-refractivity contribution is 14.1. The van der Waals surface area contributed by atoms with Gasteiger partial charge in [-0.3, -0.25) is 0 Å². The Hall–Kier alpha value is 0.120. The number of alkyl halides is 3. The summed E-state index contributed by atoms with van der Waals surface area (Å²) in [5.74, 6) is -2.68. The van der Waals surface area contributed by atoms with Gasteiger partial charge >= 0.3 is 10.0 Å². The average molecular weight is 258 g/mol. The standard InChI is InChI=1S/C3F5I/c4-1(2(5)6)3(7,8)9. The zero-order valence-electron chi connectivity index (χ0n) is 3.77. The first-order chi connectivity index (χ1) is 3.85. The minimum atomic E-state index is -4.09. The van der Waals surface area contributed by atoms with Gasteiger partial charge in [0.25, 0.3) is 0 Å². The molecule has 0 aromatic heterocycles. The van der Waals surface area contributed by atoms with Gasteiger partial charge in [0, 0.05) is 22.6 Å². The molecule has 0 N–H and O–H groups in total. The van der Waals surface area contributed by atoms with Crippen molar-refractivity contribution in [2.75, 3.05) is 0 Å². The summed E-state index contributed by atoms with van der Waals surface area (Å²) >= 11 is 0.272. The second kappa shape index (κ2) is 2.80. The maximum atomic E-state index is 11.4. The van der Waals surface area contributed by atoms with Gasteiger partial charge in [0.1, 0.15) is 0 Å². The number of hydrogen-bond acceptors (Lipinski definition) is 0. The lowest BCUT2D eigenvalue weighted by atomic mass is 10.6. The molecule has 54 valence electrons. The third kappa shape index (κ3) is 2.97. The monoisotopic (exact) mass is 258 g/mol. The summed E-state index contributed by atoms with van der Waals surface area (Å²) in [5.41, 5.74) is 0. The van der Waals surface area contributed by atoms with E-state index in [9.17, 15) is 22.0 Å². The zero-order chi connectivity index (χ0) is 7.65. The normalized spacial score (nSPS) is 11.3. The number of rotatable bonds is 1. The van der Waals surface area contributed by atoms with E-state index in [1.54, 1.807) is 0 Å². The lowest BCUT2D eigenvalue weighted by Crippen LogP contribution is -2.05. The van der Waals surface area contributed by atoms with Gasteiger partial charge < -0.3 is 0 Å². The van der Waals surface area contributed by atoms with Gasteiger partial charge in [-0.1, -0.05) is 0 Å². The molecule has 0 heterocycles. The van der Waals surface area contributed by atoms with E-state index in [0.29, 0.717) is 0 Å². The lowest BCUT2D eigenvalue weighted by Gasteiger charge is -2.01. The Morgan fingerprint density at radius 3 is 1.44 bits per heavy atom. The van der Waals surface area contributed by atoms with E-state index in [-0.39, 0.29) is 22.6 Å². The van der Waals surface area contributed by atoms with Crippen LogP contribution in [0, 0.1) is 0 Å². The van der Waals surface area contributed by atoms with Crippen LogP contribution in [-0.4, -0.2) is 3.93 Å². The molecule has 0 rings (SSSR count). The fourth-order valence-electron chi connectivity index (χ4n) is 0.107. The van der Waals surface area contributed by atoms with Crippen molar-refractivity contribution in [2.45, 2.75) is 3.93 Å². The van der Waals surface area contributed by atoms with E-state index >= 15 is 0 Å². The molecule has 0 saturated carbocycles. The number of halogens is 6. The summed E-state index contributed by atoms with van der Waals surface area (Å²) in [6.07, 6.45) is -2.98. The predicted octanol–water partition coefficient (Wildman–Crippen LogP) is 3.09. The molecule has 0 radical (unpaired) electrons. The molecule has 0 saturated heterocycles. The van der Waals surface area contributed by atoms with Crippen LogP contribution in [0.15, 0.2) is 11.9 Å². The van der Waals surface area contributed by atoms with Crippen LogP contribution in [0.25, 0.3) is 0 Å². The van der Waals surface area contributed by atoms with Crippen LogP contribution in [0.3, 0.4) is 0 Å². The van der Waals surface area contributed by atoms with E-state index < -0.39 is 15.8 Å². The largest absolute Gasteiger partial charge is 0.352 e. The molecule has 0 bridgehead atoms. The fourth-order valence-corrected chi connectivity index (χ4v) is 0.311. The Morgan fingerprint density at radius 1 is 1.11 bits per heavy atom. The third-order valence-corrected chi connectivity index (χ3v) is 0.888. The zero-order valence-corrected chi connectivity index (χ0v) is 5.93. The van der Waals surface area contributed by atoms with Gasteiger partial charge in [-0.25, -0.2) is 0 Å². The topological polar surface area (TPSA) is 0 Å². The van der Waals surface area contributed by atoms with Crippen molar-refractivity contribution in [1.29, 1.82) is 0 Å². The van der Waals surface area contributed by atoms with Gasteiger partial charge in [0.2, 0.25) is 5.83 Å². The van der Waals surface area contributed by atoms with Crippen LogP contribution in [-0.2, 0) is 0 Å². The van der Waals surface area contributed by atoms with Crippen LogP contribution in [0.5, 0.6) is 0 Å². The minimum Gasteiger partial charge on any atom is -0.198 e. The Kier molecular flexibility index (Phi) is 2.84. The van der Waals surface area contributed by atoms with Gasteiger partial charge in [0.05, 0.1) is 0 Å². The molecule has 0 unspecified atom stereocenters. The Labute approximate surface area is 60.9 Å². The maximum Gasteiger partial charge on any atom is 0.352 e. The molecule has 0 nitrogen and oxygen atoms in total. The SMILES string of the molecule is FC(F)=C(F)C(F)(F)I. The van der Waals surface area contributed by atoms with Crippen molar-refractivity contribution in [3.63, 3.8) is 0 Å². The van der Waals surface area contributed by atoms with E-state index in [1.807, 2.05) is 0 Å². The molecule has 0 aliphatic heterocycles. The Morgan fingerprint density at radius 2 is 1.44 bits per heavy atom. The summed E-state index contributed by atoms with van der Waals surface area (Å²) in [6, 6.07) is 0. The van der Waals surface area contributed by atoms with Gasteiger partial charge in [-0.2, -0.15) is 22.0 Å². The van der Waals surface area contributed by atoms with E-state index in [0.717, 1.165) is 0 Å². The van der Waals surface area contributed by atoms with E-state index in [1.165, 1.54) is 0 Å². The number of hydrogen-bond donors (Lipinski definition) is 0. The van der Waals surface area contributed by atoms with Crippen molar-refractivity contribution < 1.29 is 22.0 Å². The molecular weight excluding hydrogens is 258 g/mol. The first-order valence-corrected chi connectivity index (χ1v) is 2.71. The van der Waals surface area contributed by atoms with Crippen LogP contribution in [0.4, 0.5) is 22.0 Å². The first kappa shape index (κ1) is 9.12. The average Bonchev–Trinajstić information content (AvgIpc) is 1.62. The lowest BCUT2D eigenvalue weighted by molar-refractivity contribution is 0.126. The van der Waals surface area contributed by atoms with Crippen molar-refractivity contribution in [3.05, 3.63) is 11.9 Å². The van der Waals surface area contributed by atoms with Crippen LogP contribution < -0.4 is 0 Å². The maximum absolute atomic E-state index is 11.4. The van der Waals surface area contributed by atoms with Crippen LogP contribution in [0.2, 0.25) is 0 Å². The third-order valence-electron chi connectivity index (χ3n) is 0.415. The Bertz CT molecular complexity index is 130. The fraction of sp³-hybridized carbons (Fsp3) is 0.333. The summed E-state index contributed by atoms with van der Waals surface area (Å²) in [5, 5.41) is 0. The molecule has 0 aromatic rings. The van der Waals surface area contributed by atoms with Crippen molar-refractivity contribution in [3.8, 4) is 0 Å². The summed E-state index contributed by atoms with van der Waals surface area (Å²) < 4.78 is 52.1. The predicted molar refractivity (Wildman–Crippen MR) is 29.3 cm³/mol. The minimum absolute atomic E-state index is 0.272. The molecule has 6 heteroatoms. The van der Waals surface area contributed by atoms with E-state index in [4.69, 9.17) is 0 Å². The van der Waals surface area contributed by atoms with Crippen molar-refractivity contribution >= 4 is 22.6 Å². The molecule has 0 aromatic carbocycles.